The SMILES string of the molecule is C.C.C=C[C@@H](NC(=O)OC(C)(C)C)[C@@H](C)OCC(=C)C.CC1=C[C@@H](NC(=O)OC(C)(C)C)[C@@H](C)OC1. The molecule has 1 heterocycles. The van der Waals surface area contributed by atoms with Gasteiger partial charge in [-0.3, -0.25) is 0 Å². The molecular weight excluding hydrogens is 460 g/mol. The van der Waals surface area contributed by atoms with Crippen LogP contribution in [-0.2, 0) is 18.9 Å². The lowest BCUT2D eigenvalue weighted by Gasteiger charge is -2.29. The summed E-state index contributed by atoms with van der Waals surface area (Å²) < 4.78 is 21.4. The van der Waals surface area contributed by atoms with Gasteiger partial charge in [-0.2, -0.15) is 0 Å². The molecule has 1 aliphatic heterocycles. The van der Waals surface area contributed by atoms with Gasteiger partial charge in [0.15, 0.2) is 0 Å². The number of hydrogen-bond acceptors (Lipinski definition) is 6. The van der Waals surface area contributed by atoms with Gasteiger partial charge in [0.25, 0.3) is 0 Å². The molecule has 2 N–H and O–H groups in total. The van der Waals surface area contributed by atoms with Gasteiger partial charge in [-0.05, 0) is 74.8 Å². The molecule has 0 saturated heterocycles. The molecule has 0 aromatic rings. The van der Waals surface area contributed by atoms with E-state index in [1.165, 1.54) is 0 Å². The summed E-state index contributed by atoms with van der Waals surface area (Å²) in [4.78, 5) is 23.2. The Kier molecular flexibility index (Phi) is 18.2. The molecule has 4 atom stereocenters. The van der Waals surface area contributed by atoms with Crippen LogP contribution in [0.25, 0.3) is 0 Å². The van der Waals surface area contributed by atoms with Crippen LogP contribution in [0.3, 0.4) is 0 Å². The summed E-state index contributed by atoms with van der Waals surface area (Å²) in [5.74, 6) is 0. The highest BCUT2D eigenvalue weighted by atomic mass is 16.6. The average Bonchev–Trinajstić information content (AvgIpc) is 2.64. The van der Waals surface area contributed by atoms with E-state index >= 15 is 0 Å². The van der Waals surface area contributed by atoms with Gasteiger partial charge in [-0.25, -0.2) is 9.59 Å². The Labute approximate surface area is 220 Å². The first kappa shape index (κ1) is 38.2. The minimum Gasteiger partial charge on any atom is -0.444 e. The standard InChI is InChI=1S/C14H25NO3.C12H21NO3.2CH4/c1-8-12(11(4)17-9-10(2)3)15-13(16)18-14(5,6)7;1-8-6-10(9(2)15-7-8)13-11(14)16-12(3,4)5;;/h8,11-12H,1-2,9H2,3-7H3,(H,15,16);6,9-10H,7H2,1-5H3,(H,13,14);2*1H4/t11-,12-;9-,10-;;/m11../s1. The molecule has 0 saturated carbocycles. The van der Waals surface area contributed by atoms with Gasteiger partial charge in [0.05, 0.1) is 37.5 Å². The van der Waals surface area contributed by atoms with Gasteiger partial charge < -0.3 is 29.6 Å². The quantitative estimate of drug-likeness (QED) is 0.373. The molecule has 0 spiro atoms. The maximum absolute atomic E-state index is 11.6. The second kappa shape index (κ2) is 17.2. The van der Waals surface area contributed by atoms with Gasteiger partial charge in [-0.1, -0.05) is 39.2 Å². The highest BCUT2D eigenvalue weighted by Gasteiger charge is 2.25. The highest BCUT2D eigenvalue weighted by molar-refractivity contribution is 5.69. The zero-order valence-electron chi connectivity index (χ0n) is 22.7. The summed E-state index contributed by atoms with van der Waals surface area (Å²) >= 11 is 0. The van der Waals surface area contributed by atoms with Crippen molar-refractivity contribution in [1.82, 2.24) is 10.6 Å². The van der Waals surface area contributed by atoms with Gasteiger partial charge >= 0.3 is 12.2 Å². The minimum atomic E-state index is -0.516. The van der Waals surface area contributed by atoms with Crippen molar-refractivity contribution < 1.29 is 28.5 Å². The monoisotopic (exact) mass is 514 g/mol. The Hall–Kier alpha value is -2.32. The number of hydrogen-bond donors (Lipinski definition) is 2. The first-order chi connectivity index (χ1) is 15.4. The molecule has 8 heteroatoms. The van der Waals surface area contributed by atoms with E-state index in [-0.39, 0.29) is 39.1 Å². The Morgan fingerprint density at radius 3 is 2.08 bits per heavy atom. The van der Waals surface area contributed by atoms with Crippen LogP contribution in [0, 0.1) is 0 Å². The Bertz CT molecular complexity index is 719. The average molecular weight is 515 g/mol. The maximum Gasteiger partial charge on any atom is 0.408 e. The second-order valence-corrected chi connectivity index (χ2v) is 10.6. The molecule has 0 aromatic heterocycles. The van der Waals surface area contributed by atoms with E-state index in [1.807, 2.05) is 75.3 Å². The molecular formula is C28H54N2O6. The van der Waals surface area contributed by atoms with Crippen LogP contribution >= 0.6 is 0 Å². The zero-order valence-corrected chi connectivity index (χ0v) is 22.7. The lowest BCUT2D eigenvalue weighted by molar-refractivity contribution is 0.0305. The molecule has 0 radical (unpaired) electrons. The molecule has 0 fully saturated rings. The number of ether oxygens (including phenoxy) is 4. The third kappa shape index (κ3) is 18.9. The largest absolute Gasteiger partial charge is 0.444 e. The topological polar surface area (TPSA) is 95.1 Å². The van der Waals surface area contributed by atoms with Crippen LogP contribution in [-0.4, -0.2) is 60.9 Å². The van der Waals surface area contributed by atoms with E-state index < -0.39 is 23.4 Å². The number of alkyl carbamates (subject to hydrolysis) is 2. The summed E-state index contributed by atoms with van der Waals surface area (Å²) in [7, 11) is 0. The Morgan fingerprint density at radius 2 is 1.64 bits per heavy atom. The van der Waals surface area contributed by atoms with Crippen molar-refractivity contribution in [3.63, 3.8) is 0 Å². The smallest absolute Gasteiger partial charge is 0.408 e. The lowest BCUT2D eigenvalue weighted by atomic mass is 10.1. The van der Waals surface area contributed by atoms with Crippen molar-refractivity contribution in [1.29, 1.82) is 0 Å². The summed E-state index contributed by atoms with van der Waals surface area (Å²) in [6.45, 7) is 27.2. The normalized spacial score (nSPS) is 18.8. The van der Waals surface area contributed by atoms with Crippen LogP contribution < -0.4 is 10.6 Å². The number of carbonyl (C=O) groups is 2. The molecule has 212 valence electrons. The third-order valence-electron chi connectivity index (χ3n) is 4.26. The van der Waals surface area contributed by atoms with Gasteiger partial charge in [0.1, 0.15) is 11.2 Å². The van der Waals surface area contributed by atoms with E-state index in [1.54, 1.807) is 6.08 Å². The number of rotatable bonds is 7. The fourth-order valence-corrected chi connectivity index (χ4v) is 2.65. The molecule has 8 nitrogen and oxygen atoms in total. The van der Waals surface area contributed by atoms with Crippen molar-refractivity contribution in [3.8, 4) is 0 Å². The van der Waals surface area contributed by atoms with Gasteiger partial charge in [0, 0.05) is 0 Å². The molecule has 2 amide bonds. The van der Waals surface area contributed by atoms with Gasteiger partial charge in [0.2, 0.25) is 0 Å². The number of nitrogens with one attached hydrogen (secondary N) is 2. The second-order valence-electron chi connectivity index (χ2n) is 10.6. The predicted octanol–water partition coefficient (Wildman–Crippen LogP) is 6.56. The first-order valence-corrected chi connectivity index (χ1v) is 11.6. The van der Waals surface area contributed by atoms with Crippen LogP contribution in [0.4, 0.5) is 9.59 Å². The van der Waals surface area contributed by atoms with Crippen LogP contribution in [0.15, 0.2) is 36.5 Å². The summed E-state index contributed by atoms with van der Waals surface area (Å²) in [5.41, 5.74) is 1.07. The maximum atomic E-state index is 11.6. The predicted molar refractivity (Wildman–Crippen MR) is 149 cm³/mol. The summed E-state index contributed by atoms with van der Waals surface area (Å²) in [6, 6.07) is -0.400. The van der Waals surface area contributed by atoms with E-state index in [0.29, 0.717) is 13.2 Å². The van der Waals surface area contributed by atoms with Crippen molar-refractivity contribution in [3.05, 3.63) is 36.5 Å². The zero-order chi connectivity index (χ0) is 26.7. The van der Waals surface area contributed by atoms with E-state index in [9.17, 15) is 9.59 Å². The summed E-state index contributed by atoms with van der Waals surface area (Å²) in [5, 5.41) is 5.51. The fraction of sp³-hybridized carbons (Fsp3) is 0.714. The van der Waals surface area contributed by atoms with Crippen LogP contribution in [0.5, 0.6) is 0 Å². The molecule has 0 aromatic carbocycles. The first-order valence-electron chi connectivity index (χ1n) is 11.6. The number of carbonyl (C=O) groups excluding carboxylic acids is 2. The van der Waals surface area contributed by atoms with E-state index in [2.05, 4.69) is 23.8 Å². The van der Waals surface area contributed by atoms with E-state index in [4.69, 9.17) is 18.9 Å². The van der Waals surface area contributed by atoms with Crippen LogP contribution in [0.1, 0.15) is 84.1 Å². The molecule has 1 rings (SSSR count). The number of amides is 2. The third-order valence-corrected chi connectivity index (χ3v) is 4.26. The molecule has 0 bridgehead atoms. The van der Waals surface area contributed by atoms with Gasteiger partial charge in [-0.15, -0.1) is 6.58 Å². The lowest BCUT2D eigenvalue weighted by Crippen LogP contribution is -2.46. The molecule has 36 heavy (non-hydrogen) atoms. The van der Waals surface area contributed by atoms with Crippen LogP contribution in [0.2, 0.25) is 0 Å². The summed E-state index contributed by atoms with van der Waals surface area (Å²) in [6.07, 6.45) is 2.56. The molecule has 1 aliphatic rings. The van der Waals surface area contributed by atoms with Crippen molar-refractivity contribution >= 4 is 12.2 Å². The van der Waals surface area contributed by atoms with Crippen molar-refractivity contribution in [2.45, 2.75) is 120 Å². The minimum absolute atomic E-state index is 0. The fourth-order valence-electron chi connectivity index (χ4n) is 2.65. The van der Waals surface area contributed by atoms with Crippen molar-refractivity contribution in [2.24, 2.45) is 0 Å². The Morgan fingerprint density at radius 1 is 1.14 bits per heavy atom. The molecule has 0 unspecified atom stereocenters. The van der Waals surface area contributed by atoms with E-state index in [0.717, 1.165) is 11.1 Å². The van der Waals surface area contributed by atoms with Crippen molar-refractivity contribution in [2.75, 3.05) is 13.2 Å². The highest BCUT2D eigenvalue weighted by Crippen LogP contribution is 2.14. The Balaban J connectivity index is -0.000000576. The molecule has 0 aliphatic carbocycles.